The SMILES string of the molecule is COc1ccc(OCCCn2c(=O)oc(=O)c3cc(Cl)ccc32)cc1. The number of fused-ring (bicyclic) bond motifs is 1. The third-order valence-electron chi connectivity index (χ3n) is 3.72. The molecule has 3 aromatic rings. The van der Waals surface area contributed by atoms with E-state index in [0.717, 1.165) is 5.75 Å². The number of rotatable bonds is 6. The number of benzene rings is 2. The van der Waals surface area contributed by atoms with Gasteiger partial charge in [0.05, 0.1) is 24.6 Å². The van der Waals surface area contributed by atoms with Gasteiger partial charge in [-0.2, -0.15) is 0 Å². The van der Waals surface area contributed by atoms with Crippen molar-refractivity contribution in [2.45, 2.75) is 13.0 Å². The summed E-state index contributed by atoms with van der Waals surface area (Å²) in [6, 6.07) is 12.0. The van der Waals surface area contributed by atoms with Gasteiger partial charge in [-0.25, -0.2) is 9.59 Å². The average molecular weight is 362 g/mol. The molecule has 0 atom stereocenters. The Labute approximate surface area is 148 Å². The van der Waals surface area contributed by atoms with E-state index in [1.165, 1.54) is 10.6 Å². The van der Waals surface area contributed by atoms with E-state index in [1.807, 2.05) is 24.3 Å². The van der Waals surface area contributed by atoms with Crippen molar-refractivity contribution >= 4 is 22.5 Å². The lowest BCUT2D eigenvalue weighted by atomic mass is 10.2. The molecule has 0 bridgehead atoms. The molecule has 25 heavy (non-hydrogen) atoms. The second-order valence-electron chi connectivity index (χ2n) is 5.35. The van der Waals surface area contributed by atoms with Gasteiger partial charge in [0.25, 0.3) is 0 Å². The first-order chi connectivity index (χ1) is 12.1. The molecule has 2 aromatic carbocycles. The quantitative estimate of drug-likeness (QED) is 0.631. The third kappa shape index (κ3) is 3.85. The van der Waals surface area contributed by atoms with Crippen molar-refractivity contribution in [1.82, 2.24) is 4.57 Å². The number of nitrogens with zero attached hydrogens (tertiary/aromatic N) is 1. The van der Waals surface area contributed by atoms with Crippen LogP contribution in [0.25, 0.3) is 10.9 Å². The standard InChI is InChI=1S/C18H16ClNO5/c1-23-13-4-6-14(7-5-13)24-10-2-9-20-16-8-3-12(19)11-15(16)17(21)25-18(20)22/h3-8,11H,2,9-10H2,1H3. The van der Waals surface area contributed by atoms with Gasteiger partial charge in [-0.15, -0.1) is 0 Å². The fourth-order valence-corrected chi connectivity index (χ4v) is 2.66. The minimum absolute atomic E-state index is 0.281. The van der Waals surface area contributed by atoms with Gasteiger partial charge in [0.2, 0.25) is 0 Å². The van der Waals surface area contributed by atoms with Crippen LogP contribution >= 0.6 is 11.6 Å². The van der Waals surface area contributed by atoms with Crippen molar-refractivity contribution in [3.63, 3.8) is 0 Å². The number of hydrogen-bond donors (Lipinski definition) is 0. The lowest BCUT2D eigenvalue weighted by molar-refractivity contribution is 0.296. The van der Waals surface area contributed by atoms with E-state index in [2.05, 4.69) is 0 Å². The van der Waals surface area contributed by atoms with Gasteiger partial charge in [0.15, 0.2) is 0 Å². The predicted molar refractivity (Wildman–Crippen MR) is 94.9 cm³/mol. The lowest BCUT2D eigenvalue weighted by Crippen LogP contribution is -2.25. The Morgan fingerprint density at radius 1 is 1.08 bits per heavy atom. The van der Waals surface area contributed by atoms with E-state index in [-0.39, 0.29) is 5.39 Å². The monoisotopic (exact) mass is 361 g/mol. The Hall–Kier alpha value is -2.73. The van der Waals surface area contributed by atoms with Crippen LogP contribution in [-0.4, -0.2) is 18.3 Å². The third-order valence-corrected chi connectivity index (χ3v) is 3.96. The molecule has 0 unspecified atom stereocenters. The first kappa shape index (κ1) is 17.1. The first-order valence-corrected chi connectivity index (χ1v) is 8.06. The molecule has 6 nitrogen and oxygen atoms in total. The van der Waals surface area contributed by atoms with Crippen LogP contribution in [0.1, 0.15) is 6.42 Å². The van der Waals surface area contributed by atoms with Crippen molar-refractivity contribution in [3.05, 3.63) is 68.5 Å². The topological polar surface area (TPSA) is 70.7 Å². The van der Waals surface area contributed by atoms with Gasteiger partial charge in [-0.3, -0.25) is 4.57 Å². The van der Waals surface area contributed by atoms with Gasteiger partial charge in [0, 0.05) is 11.6 Å². The zero-order valence-electron chi connectivity index (χ0n) is 13.5. The fourth-order valence-electron chi connectivity index (χ4n) is 2.49. The molecule has 0 aliphatic rings. The Kier molecular flexibility index (Phi) is 5.09. The van der Waals surface area contributed by atoms with E-state index >= 15 is 0 Å². The lowest BCUT2D eigenvalue weighted by Gasteiger charge is -2.10. The molecule has 130 valence electrons. The first-order valence-electron chi connectivity index (χ1n) is 7.68. The molecule has 0 spiro atoms. The van der Waals surface area contributed by atoms with Crippen LogP contribution in [0, 0.1) is 0 Å². The molecule has 0 saturated heterocycles. The van der Waals surface area contributed by atoms with Crippen LogP contribution in [0.5, 0.6) is 11.5 Å². The summed E-state index contributed by atoms with van der Waals surface area (Å²) >= 11 is 5.90. The molecule has 0 amide bonds. The smallest absolute Gasteiger partial charge is 0.422 e. The Balaban J connectivity index is 1.70. The molecule has 3 rings (SSSR count). The summed E-state index contributed by atoms with van der Waals surface area (Å²) in [6.07, 6.45) is 0.567. The summed E-state index contributed by atoms with van der Waals surface area (Å²) in [5, 5.41) is 0.691. The molecule has 1 heterocycles. The minimum atomic E-state index is -0.690. The number of ether oxygens (including phenoxy) is 2. The summed E-state index contributed by atoms with van der Waals surface area (Å²) in [5.74, 6) is 0.775. The normalized spacial score (nSPS) is 10.8. The molecular formula is C18H16ClNO5. The number of halogens is 1. The molecule has 1 aromatic heterocycles. The van der Waals surface area contributed by atoms with Crippen molar-refractivity contribution in [2.75, 3.05) is 13.7 Å². The van der Waals surface area contributed by atoms with Gasteiger partial charge in [-0.05, 0) is 48.9 Å². The summed E-state index contributed by atoms with van der Waals surface area (Å²) in [5.41, 5.74) is -0.191. The van der Waals surface area contributed by atoms with Crippen molar-refractivity contribution in [3.8, 4) is 11.5 Å². The van der Waals surface area contributed by atoms with Crippen molar-refractivity contribution in [1.29, 1.82) is 0 Å². The van der Waals surface area contributed by atoms with Gasteiger partial charge >= 0.3 is 11.4 Å². The molecular weight excluding hydrogens is 346 g/mol. The Bertz CT molecular complexity index is 991. The van der Waals surface area contributed by atoms with Gasteiger partial charge in [-0.1, -0.05) is 11.6 Å². The molecule has 0 aliphatic carbocycles. The average Bonchev–Trinajstić information content (AvgIpc) is 2.61. The van der Waals surface area contributed by atoms with Crippen LogP contribution in [0.3, 0.4) is 0 Å². The maximum Gasteiger partial charge on any atom is 0.422 e. The maximum atomic E-state index is 12.0. The van der Waals surface area contributed by atoms with Crippen LogP contribution in [0.15, 0.2) is 56.5 Å². The van der Waals surface area contributed by atoms with Crippen LogP contribution in [0.4, 0.5) is 0 Å². The Morgan fingerprint density at radius 2 is 1.80 bits per heavy atom. The van der Waals surface area contributed by atoms with Gasteiger partial charge in [0.1, 0.15) is 11.5 Å². The van der Waals surface area contributed by atoms with Crippen molar-refractivity contribution in [2.24, 2.45) is 0 Å². The highest BCUT2D eigenvalue weighted by atomic mass is 35.5. The Morgan fingerprint density at radius 3 is 2.52 bits per heavy atom. The molecule has 0 N–H and O–H groups in total. The van der Waals surface area contributed by atoms with Crippen molar-refractivity contribution < 1.29 is 13.9 Å². The summed E-state index contributed by atoms with van der Waals surface area (Å²) in [7, 11) is 1.60. The fraction of sp³-hybridized carbons (Fsp3) is 0.222. The highest BCUT2D eigenvalue weighted by molar-refractivity contribution is 6.31. The van der Waals surface area contributed by atoms with Crippen LogP contribution in [0.2, 0.25) is 5.02 Å². The number of methoxy groups -OCH3 is 1. The zero-order chi connectivity index (χ0) is 17.8. The molecule has 7 heteroatoms. The number of aromatic nitrogens is 1. The number of aryl methyl sites for hydroxylation is 1. The molecule has 0 aliphatic heterocycles. The minimum Gasteiger partial charge on any atom is -0.497 e. The molecule has 0 radical (unpaired) electrons. The van der Waals surface area contributed by atoms with Crippen LogP contribution in [-0.2, 0) is 6.54 Å². The zero-order valence-corrected chi connectivity index (χ0v) is 14.3. The molecule has 0 saturated carbocycles. The second kappa shape index (κ2) is 7.44. The summed E-state index contributed by atoms with van der Waals surface area (Å²) in [6.45, 7) is 0.768. The largest absolute Gasteiger partial charge is 0.497 e. The second-order valence-corrected chi connectivity index (χ2v) is 5.78. The highest BCUT2D eigenvalue weighted by Crippen LogP contribution is 2.18. The predicted octanol–water partition coefficient (Wildman–Crippen LogP) is 3.09. The van der Waals surface area contributed by atoms with E-state index < -0.39 is 11.4 Å². The summed E-state index contributed by atoms with van der Waals surface area (Å²) in [4.78, 5) is 23.8. The highest BCUT2D eigenvalue weighted by Gasteiger charge is 2.09. The number of hydrogen-bond acceptors (Lipinski definition) is 5. The van der Waals surface area contributed by atoms with E-state index in [9.17, 15) is 9.59 Å². The summed E-state index contributed by atoms with van der Waals surface area (Å²) < 4.78 is 16.9. The van der Waals surface area contributed by atoms with Gasteiger partial charge < -0.3 is 13.9 Å². The molecule has 0 fully saturated rings. The van der Waals surface area contributed by atoms with E-state index in [1.54, 1.807) is 19.2 Å². The van der Waals surface area contributed by atoms with Crippen LogP contribution < -0.4 is 20.9 Å². The maximum absolute atomic E-state index is 12.0. The van der Waals surface area contributed by atoms with E-state index in [4.69, 9.17) is 25.5 Å². The van der Waals surface area contributed by atoms with E-state index in [0.29, 0.717) is 35.9 Å².